The van der Waals surface area contributed by atoms with Gasteiger partial charge in [0.15, 0.2) is 0 Å². The number of nitrogens with one attached hydrogen (secondary N) is 1. The maximum atomic E-state index is 12.7. The molecular formula is C9H7Cl2F2N. The van der Waals surface area contributed by atoms with Gasteiger partial charge in [-0.3, -0.25) is 0 Å². The summed E-state index contributed by atoms with van der Waals surface area (Å²) >= 11 is 10.9. The van der Waals surface area contributed by atoms with Gasteiger partial charge in [-0.1, -0.05) is 23.2 Å². The first-order chi connectivity index (χ1) is 6.61. The lowest BCUT2D eigenvalue weighted by Gasteiger charge is -2.05. The van der Waals surface area contributed by atoms with Crippen molar-refractivity contribution in [1.82, 2.24) is 0 Å². The highest BCUT2D eigenvalue weighted by Gasteiger charge is 2.00. The Kier molecular flexibility index (Phi) is 4.17. The summed E-state index contributed by atoms with van der Waals surface area (Å²) in [4.78, 5) is 0. The molecule has 0 aromatic heterocycles. The Hall–Kier alpha value is -0.800. The van der Waals surface area contributed by atoms with E-state index < -0.39 is 11.6 Å². The molecule has 0 amide bonds. The largest absolute Gasteiger partial charge is 0.380 e. The fraction of sp³-hybridized carbons (Fsp3) is 0.111. The predicted octanol–water partition coefficient (Wildman–Crippen LogP) is 3.70. The molecule has 5 heteroatoms. The van der Waals surface area contributed by atoms with Crippen LogP contribution < -0.4 is 5.32 Å². The highest BCUT2D eigenvalue weighted by molar-refractivity contribution is 6.36. The molecule has 1 aromatic rings. The van der Waals surface area contributed by atoms with Crippen LogP contribution in [0.3, 0.4) is 0 Å². The molecule has 0 bridgehead atoms. The molecule has 0 atom stereocenters. The number of hydrogen-bond acceptors (Lipinski definition) is 1. The van der Waals surface area contributed by atoms with Crippen molar-refractivity contribution in [2.24, 2.45) is 0 Å². The van der Waals surface area contributed by atoms with Crippen LogP contribution in [0, 0.1) is 11.6 Å². The Morgan fingerprint density at radius 3 is 2.36 bits per heavy atom. The van der Waals surface area contributed by atoms with Crippen LogP contribution >= 0.6 is 23.2 Å². The molecule has 0 aliphatic carbocycles. The predicted molar refractivity (Wildman–Crippen MR) is 54.6 cm³/mol. The van der Waals surface area contributed by atoms with Crippen molar-refractivity contribution in [3.05, 3.63) is 40.4 Å². The molecule has 14 heavy (non-hydrogen) atoms. The average molecular weight is 238 g/mol. The third-order valence-corrected chi connectivity index (χ3v) is 2.06. The summed E-state index contributed by atoms with van der Waals surface area (Å²) in [6.45, 7) is 0.230. The molecule has 1 N–H and O–H groups in total. The molecule has 0 heterocycles. The van der Waals surface area contributed by atoms with Crippen molar-refractivity contribution in [2.45, 2.75) is 0 Å². The molecule has 76 valence electrons. The molecule has 0 fully saturated rings. The van der Waals surface area contributed by atoms with Gasteiger partial charge >= 0.3 is 0 Å². The maximum absolute atomic E-state index is 12.7. The van der Waals surface area contributed by atoms with Crippen LogP contribution in [0.15, 0.2) is 28.8 Å². The van der Waals surface area contributed by atoms with Crippen LogP contribution in [-0.2, 0) is 0 Å². The fourth-order valence-corrected chi connectivity index (χ4v) is 1.02. The summed E-state index contributed by atoms with van der Waals surface area (Å²) in [5.74, 6) is -1.28. The second-order valence-electron chi connectivity index (χ2n) is 2.57. The molecule has 1 rings (SSSR count). The van der Waals surface area contributed by atoms with Gasteiger partial charge in [0.05, 0.1) is 6.54 Å². The van der Waals surface area contributed by atoms with Crippen LogP contribution in [0.4, 0.5) is 14.5 Å². The zero-order valence-electron chi connectivity index (χ0n) is 7.03. The zero-order chi connectivity index (χ0) is 10.6. The second kappa shape index (κ2) is 5.17. The lowest BCUT2D eigenvalue weighted by molar-refractivity contribution is 0.584. The Bertz CT molecular complexity index is 332. The van der Waals surface area contributed by atoms with E-state index in [-0.39, 0.29) is 6.54 Å². The smallest absolute Gasteiger partial charge is 0.128 e. The topological polar surface area (TPSA) is 12.0 Å². The molecule has 0 spiro atoms. The van der Waals surface area contributed by atoms with Gasteiger partial charge in [-0.2, -0.15) is 0 Å². The van der Waals surface area contributed by atoms with Gasteiger partial charge in [0.25, 0.3) is 0 Å². The summed E-state index contributed by atoms with van der Waals surface area (Å²) < 4.78 is 25.4. The fourth-order valence-electron chi connectivity index (χ4n) is 0.881. The van der Waals surface area contributed by atoms with E-state index in [0.717, 1.165) is 6.07 Å². The summed E-state index contributed by atoms with van der Waals surface area (Å²) in [7, 11) is 0. The molecule has 1 aromatic carbocycles. The molecule has 0 radical (unpaired) electrons. The van der Waals surface area contributed by atoms with E-state index in [1.54, 1.807) is 0 Å². The minimum absolute atomic E-state index is 0.230. The third-order valence-electron chi connectivity index (χ3n) is 1.44. The van der Waals surface area contributed by atoms with Crippen molar-refractivity contribution < 1.29 is 8.78 Å². The van der Waals surface area contributed by atoms with Gasteiger partial charge < -0.3 is 5.32 Å². The Labute approximate surface area is 90.3 Å². The van der Waals surface area contributed by atoms with Crippen molar-refractivity contribution in [3.63, 3.8) is 0 Å². The molecule has 0 unspecified atom stereocenters. The highest BCUT2D eigenvalue weighted by Crippen LogP contribution is 2.14. The van der Waals surface area contributed by atoms with E-state index >= 15 is 0 Å². The Morgan fingerprint density at radius 2 is 1.86 bits per heavy atom. The third kappa shape index (κ3) is 3.52. The van der Waals surface area contributed by atoms with Crippen LogP contribution in [0.1, 0.15) is 0 Å². The minimum Gasteiger partial charge on any atom is -0.380 e. The summed E-state index contributed by atoms with van der Waals surface area (Å²) in [6, 6.07) is 3.13. The normalized spacial score (nSPS) is 11.6. The van der Waals surface area contributed by atoms with Gasteiger partial charge in [0.2, 0.25) is 0 Å². The quantitative estimate of drug-likeness (QED) is 0.846. The van der Waals surface area contributed by atoms with Gasteiger partial charge in [-0.25, -0.2) is 8.78 Å². The van der Waals surface area contributed by atoms with E-state index in [0.29, 0.717) is 10.7 Å². The summed E-state index contributed by atoms with van der Waals surface area (Å²) in [6.07, 6.45) is 0. The number of halogens is 4. The standard InChI is InChI=1S/C9H7Cl2F2N/c10-4-6(11)5-14-9-2-7(12)1-8(13)3-9/h1-4,14H,5H2. The van der Waals surface area contributed by atoms with E-state index in [1.807, 2.05) is 0 Å². The molecule has 0 saturated carbocycles. The van der Waals surface area contributed by atoms with Crippen molar-refractivity contribution in [3.8, 4) is 0 Å². The minimum atomic E-state index is -0.640. The summed E-state index contributed by atoms with van der Waals surface area (Å²) in [5, 5.41) is 3.07. The SMILES string of the molecule is Fc1cc(F)cc(NCC(Cl)=CCl)c1. The van der Waals surface area contributed by atoms with E-state index in [4.69, 9.17) is 23.2 Å². The second-order valence-corrected chi connectivity index (χ2v) is 3.27. The number of benzene rings is 1. The first-order valence-corrected chi connectivity index (χ1v) is 4.58. The first-order valence-electron chi connectivity index (χ1n) is 3.76. The average Bonchev–Trinajstić information content (AvgIpc) is 2.12. The lowest BCUT2D eigenvalue weighted by Crippen LogP contribution is -2.01. The van der Waals surface area contributed by atoms with Crippen LogP contribution in [-0.4, -0.2) is 6.54 Å². The Morgan fingerprint density at radius 1 is 1.29 bits per heavy atom. The first kappa shape index (κ1) is 11.3. The van der Waals surface area contributed by atoms with E-state index in [2.05, 4.69) is 5.32 Å². The van der Waals surface area contributed by atoms with Gasteiger partial charge in [0.1, 0.15) is 11.6 Å². The van der Waals surface area contributed by atoms with Gasteiger partial charge in [-0.15, -0.1) is 0 Å². The van der Waals surface area contributed by atoms with Crippen molar-refractivity contribution in [1.29, 1.82) is 0 Å². The van der Waals surface area contributed by atoms with Crippen LogP contribution in [0.25, 0.3) is 0 Å². The van der Waals surface area contributed by atoms with Crippen molar-refractivity contribution >= 4 is 28.9 Å². The van der Waals surface area contributed by atoms with Crippen LogP contribution in [0.5, 0.6) is 0 Å². The molecule has 0 aliphatic heterocycles. The van der Waals surface area contributed by atoms with Crippen molar-refractivity contribution in [2.75, 3.05) is 11.9 Å². The lowest BCUT2D eigenvalue weighted by atomic mass is 10.3. The molecule has 0 saturated heterocycles. The van der Waals surface area contributed by atoms with Gasteiger partial charge in [0, 0.05) is 22.3 Å². The summed E-state index contributed by atoms with van der Waals surface area (Å²) in [5.41, 5.74) is 1.50. The van der Waals surface area contributed by atoms with E-state index in [1.165, 1.54) is 17.7 Å². The highest BCUT2D eigenvalue weighted by atomic mass is 35.5. The van der Waals surface area contributed by atoms with Gasteiger partial charge in [-0.05, 0) is 12.1 Å². The van der Waals surface area contributed by atoms with Crippen LogP contribution in [0.2, 0.25) is 0 Å². The number of rotatable bonds is 3. The zero-order valence-corrected chi connectivity index (χ0v) is 8.54. The number of anilines is 1. The molecular weight excluding hydrogens is 231 g/mol. The number of hydrogen-bond donors (Lipinski definition) is 1. The van der Waals surface area contributed by atoms with E-state index in [9.17, 15) is 8.78 Å². The molecule has 0 aliphatic rings. The monoisotopic (exact) mass is 237 g/mol. The Balaban J connectivity index is 2.67. The molecule has 1 nitrogen and oxygen atoms in total. The maximum Gasteiger partial charge on any atom is 0.128 e.